The van der Waals surface area contributed by atoms with Gasteiger partial charge in [-0.15, -0.1) is 10.2 Å². The quantitative estimate of drug-likeness (QED) is 0.583. The van der Waals surface area contributed by atoms with Gasteiger partial charge < -0.3 is 20.2 Å². The van der Waals surface area contributed by atoms with Gasteiger partial charge in [0.1, 0.15) is 0 Å². The van der Waals surface area contributed by atoms with Crippen molar-refractivity contribution in [1.29, 1.82) is 0 Å². The van der Waals surface area contributed by atoms with Gasteiger partial charge in [-0.2, -0.15) is 0 Å². The number of piperidine rings is 1. The van der Waals surface area contributed by atoms with E-state index in [9.17, 15) is 9.90 Å². The average molecular weight is 463 g/mol. The van der Waals surface area contributed by atoms with E-state index in [-0.39, 0.29) is 16.6 Å². The van der Waals surface area contributed by atoms with E-state index in [1.165, 1.54) is 0 Å². The lowest BCUT2D eigenvalue weighted by atomic mass is 9.79. The largest absolute Gasteiger partial charge is 0.478 e. The van der Waals surface area contributed by atoms with Crippen LogP contribution in [0.15, 0.2) is 36.5 Å². The number of aromatic carboxylic acids is 1. The van der Waals surface area contributed by atoms with Crippen LogP contribution in [-0.4, -0.2) is 64.5 Å². The molecule has 8 heteroatoms. The van der Waals surface area contributed by atoms with E-state index in [2.05, 4.69) is 60.1 Å². The van der Waals surface area contributed by atoms with Crippen LogP contribution in [0.1, 0.15) is 50.9 Å². The van der Waals surface area contributed by atoms with Crippen molar-refractivity contribution in [2.45, 2.75) is 57.7 Å². The summed E-state index contributed by atoms with van der Waals surface area (Å²) in [7, 11) is 5.96. The van der Waals surface area contributed by atoms with Crippen molar-refractivity contribution in [3.05, 3.63) is 42.1 Å². The van der Waals surface area contributed by atoms with E-state index in [0.717, 1.165) is 29.7 Å². The molecule has 1 aliphatic heterocycles. The van der Waals surface area contributed by atoms with E-state index in [0.29, 0.717) is 22.8 Å². The number of benzene rings is 1. The van der Waals surface area contributed by atoms with Crippen LogP contribution < -0.4 is 15.1 Å². The zero-order valence-electron chi connectivity index (χ0n) is 21.0. The molecule has 180 valence electrons. The number of rotatable bonds is 5. The summed E-state index contributed by atoms with van der Waals surface area (Å²) in [6.07, 6.45) is 3.67. The van der Waals surface area contributed by atoms with E-state index in [4.69, 9.17) is 0 Å². The second-order valence-electron chi connectivity index (χ2n) is 10.8. The lowest BCUT2D eigenvalue weighted by molar-refractivity contribution is 0.0697. The maximum absolute atomic E-state index is 12.1. The molecule has 0 radical (unpaired) electrons. The Hall–Kier alpha value is -3.26. The highest BCUT2D eigenvalue weighted by Gasteiger charge is 2.39. The van der Waals surface area contributed by atoms with Crippen molar-refractivity contribution in [3.63, 3.8) is 0 Å². The zero-order chi connectivity index (χ0) is 24.8. The molecule has 1 fully saturated rings. The van der Waals surface area contributed by atoms with Gasteiger partial charge in [0.2, 0.25) is 0 Å². The Morgan fingerprint density at radius 1 is 1.03 bits per heavy atom. The second-order valence-corrected chi connectivity index (χ2v) is 10.8. The first kappa shape index (κ1) is 23.9. The highest BCUT2D eigenvalue weighted by atomic mass is 16.4. The minimum Gasteiger partial charge on any atom is -0.478 e. The van der Waals surface area contributed by atoms with Gasteiger partial charge in [-0.05, 0) is 70.9 Å². The van der Waals surface area contributed by atoms with Crippen LogP contribution in [0.4, 0.5) is 11.5 Å². The molecule has 1 aromatic carbocycles. The number of hydrogen-bond donors (Lipinski definition) is 2. The Bertz CT molecular complexity index is 1200. The third-order valence-corrected chi connectivity index (χ3v) is 6.57. The van der Waals surface area contributed by atoms with Gasteiger partial charge in [0.05, 0.1) is 16.8 Å². The molecule has 8 nitrogen and oxygen atoms in total. The Labute approximate surface area is 201 Å². The fourth-order valence-corrected chi connectivity index (χ4v) is 5.34. The first-order valence-electron chi connectivity index (χ1n) is 11.6. The molecule has 1 aliphatic rings. The number of fused-ring (bicyclic) bond motifs is 1. The summed E-state index contributed by atoms with van der Waals surface area (Å²) >= 11 is 0. The summed E-state index contributed by atoms with van der Waals surface area (Å²) < 4.78 is 0. The maximum atomic E-state index is 12.1. The van der Waals surface area contributed by atoms with Crippen molar-refractivity contribution in [1.82, 2.24) is 20.5 Å². The molecule has 0 bridgehead atoms. The number of nitrogens with one attached hydrogen (secondary N) is 1. The molecule has 0 amide bonds. The minimum atomic E-state index is -1.02. The third kappa shape index (κ3) is 4.68. The van der Waals surface area contributed by atoms with E-state index < -0.39 is 5.97 Å². The molecule has 0 aliphatic carbocycles. The molecular formula is C26H34N6O2. The van der Waals surface area contributed by atoms with Crippen LogP contribution in [0.25, 0.3) is 22.2 Å². The molecule has 2 N–H and O–H groups in total. The molecule has 2 aromatic heterocycles. The number of pyridine rings is 1. The van der Waals surface area contributed by atoms with Gasteiger partial charge in [0.25, 0.3) is 0 Å². The summed E-state index contributed by atoms with van der Waals surface area (Å²) in [6, 6.07) is 9.48. The summed E-state index contributed by atoms with van der Waals surface area (Å²) in [6.45, 7) is 8.92. The first-order chi connectivity index (χ1) is 15.9. The first-order valence-corrected chi connectivity index (χ1v) is 11.6. The standard InChI is InChI=1S/C26H34N6O2/c1-25(2)14-16(15-26(3,4)30-25)32(7)23-9-8-20(28-29-23)17-12-19-21(13-18(17)24(33)34)27-11-10-22(19)31(5)6/h8-13,16,30H,14-15H2,1-7H3,(H,33,34). The average Bonchev–Trinajstić information content (AvgIpc) is 2.75. The number of aromatic nitrogens is 3. The van der Waals surface area contributed by atoms with E-state index in [1.54, 1.807) is 12.3 Å². The SMILES string of the molecule is CN(C)c1ccnc2cc(C(=O)O)c(-c3ccc(N(C)C4CC(C)(C)NC(C)(C)C4)nn3)cc12. The van der Waals surface area contributed by atoms with Crippen LogP contribution >= 0.6 is 0 Å². The number of carbonyl (C=O) groups is 1. The van der Waals surface area contributed by atoms with Crippen molar-refractivity contribution < 1.29 is 9.90 Å². The predicted octanol–water partition coefficient (Wildman–Crippen LogP) is 4.20. The van der Waals surface area contributed by atoms with Crippen molar-refractivity contribution >= 4 is 28.4 Å². The molecule has 3 aromatic rings. The number of anilines is 2. The van der Waals surface area contributed by atoms with Gasteiger partial charge in [-0.3, -0.25) is 4.98 Å². The van der Waals surface area contributed by atoms with Crippen LogP contribution in [-0.2, 0) is 0 Å². The van der Waals surface area contributed by atoms with Crippen molar-refractivity contribution in [3.8, 4) is 11.3 Å². The minimum absolute atomic E-state index is 0.0215. The fraction of sp³-hybridized carbons (Fsp3) is 0.462. The zero-order valence-corrected chi connectivity index (χ0v) is 21.0. The third-order valence-electron chi connectivity index (χ3n) is 6.57. The lowest BCUT2D eigenvalue weighted by Crippen LogP contribution is -2.62. The van der Waals surface area contributed by atoms with E-state index >= 15 is 0 Å². The van der Waals surface area contributed by atoms with Crippen LogP contribution in [0, 0.1) is 0 Å². The Morgan fingerprint density at radius 2 is 1.71 bits per heavy atom. The van der Waals surface area contributed by atoms with Gasteiger partial charge >= 0.3 is 5.97 Å². The summed E-state index contributed by atoms with van der Waals surface area (Å²) in [5, 5.41) is 23.4. The number of hydrogen-bond acceptors (Lipinski definition) is 7. The number of carboxylic acid groups (broad SMARTS) is 1. The van der Waals surface area contributed by atoms with Crippen molar-refractivity contribution in [2.24, 2.45) is 0 Å². The summed E-state index contributed by atoms with van der Waals surface area (Å²) in [5.74, 6) is -0.244. The van der Waals surface area contributed by atoms with Gasteiger partial charge in [-0.25, -0.2) is 4.79 Å². The van der Waals surface area contributed by atoms with E-state index in [1.807, 2.05) is 43.3 Å². The number of carboxylic acids is 1. The van der Waals surface area contributed by atoms with Gasteiger partial charge in [-0.1, -0.05) is 0 Å². The molecular weight excluding hydrogens is 428 g/mol. The van der Waals surface area contributed by atoms with Gasteiger partial charge in [0.15, 0.2) is 5.82 Å². The molecule has 0 atom stereocenters. The molecule has 3 heterocycles. The molecule has 34 heavy (non-hydrogen) atoms. The molecule has 0 spiro atoms. The lowest BCUT2D eigenvalue weighted by Gasteiger charge is -2.49. The summed E-state index contributed by atoms with van der Waals surface area (Å²) in [4.78, 5) is 20.6. The normalized spacial score (nSPS) is 17.5. The Kier molecular flexibility index (Phi) is 5.97. The highest BCUT2D eigenvalue weighted by Crippen LogP contribution is 2.34. The van der Waals surface area contributed by atoms with Crippen LogP contribution in [0.2, 0.25) is 0 Å². The predicted molar refractivity (Wildman–Crippen MR) is 137 cm³/mol. The molecule has 4 rings (SSSR count). The molecule has 1 saturated heterocycles. The van der Waals surface area contributed by atoms with Gasteiger partial charge in [0, 0.05) is 61.1 Å². The maximum Gasteiger partial charge on any atom is 0.336 e. The fourth-order valence-electron chi connectivity index (χ4n) is 5.34. The monoisotopic (exact) mass is 462 g/mol. The topological polar surface area (TPSA) is 94.5 Å². The Balaban J connectivity index is 1.71. The highest BCUT2D eigenvalue weighted by molar-refractivity contribution is 6.04. The number of nitrogens with zero attached hydrogens (tertiary/aromatic N) is 5. The smallest absolute Gasteiger partial charge is 0.336 e. The molecule has 0 unspecified atom stereocenters. The molecule has 0 saturated carbocycles. The van der Waals surface area contributed by atoms with Crippen LogP contribution in [0.3, 0.4) is 0 Å². The summed E-state index contributed by atoms with van der Waals surface area (Å²) in [5.41, 5.74) is 2.85. The van der Waals surface area contributed by atoms with Crippen LogP contribution in [0.5, 0.6) is 0 Å². The van der Waals surface area contributed by atoms with Crippen molar-refractivity contribution in [2.75, 3.05) is 30.9 Å². The second kappa shape index (κ2) is 8.51. The Morgan fingerprint density at radius 3 is 2.26 bits per heavy atom.